The molecular weight excluding hydrogens is 452 g/mol. The quantitative estimate of drug-likeness (QED) is 0.406. The highest BCUT2D eigenvalue weighted by Gasteiger charge is 2.29. The number of halogens is 1. The monoisotopic (exact) mass is 480 g/mol. The van der Waals surface area contributed by atoms with Crippen molar-refractivity contribution in [3.05, 3.63) is 82.1 Å². The van der Waals surface area contributed by atoms with Gasteiger partial charge in [0.1, 0.15) is 5.75 Å². The molecule has 1 aliphatic heterocycles. The van der Waals surface area contributed by atoms with E-state index in [1.807, 2.05) is 48.5 Å². The Morgan fingerprint density at radius 3 is 2.62 bits per heavy atom. The molecule has 3 N–H and O–H groups in total. The second-order valence-electron chi connectivity index (χ2n) is 8.37. The average Bonchev–Trinajstić information content (AvgIpc) is 3.34. The molecule has 2 aromatic carbocycles. The minimum atomic E-state index is -1.01. The van der Waals surface area contributed by atoms with Gasteiger partial charge < -0.3 is 20.5 Å². The van der Waals surface area contributed by atoms with Crippen LogP contribution in [0, 0.1) is 0 Å². The summed E-state index contributed by atoms with van der Waals surface area (Å²) in [5.74, 6) is 0.358. The molecule has 1 saturated heterocycles. The third-order valence-corrected chi connectivity index (χ3v) is 6.29. The third-order valence-electron chi connectivity index (χ3n) is 6.04. The van der Waals surface area contributed by atoms with Gasteiger partial charge >= 0.3 is 5.97 Å². The van der Waals surface area contributed by atoms with Crippen LogP contribution >= 0.6 is 11.6 Å². The van der Waals surface area contributed by atoms with Crippen LogP contribution in [-0.4, -0.2) is 40.7 Å². The molecule has 0 unspecified atom stereocenters. The molecule has 0 aliphatic carbocycles. The second kappa shape index (κ2) is 11.3. The zero-order chi connectivity index (χ0) is 23.9. The highest BCUT2D eigenvalue weighted by molar-refractivity contribution is 6.30. The topological polar surface area (TPSA) is 102 Å². The second-order valence-corrected chi connectivity index (χ2v) is 8.81. The molecule has 0 saturated carbocycles. The molecule has 8 heteroatoms. The molecule has 1 aliphatic rings. The first-order valence-electron chi connectivity index (χ1n) is 11.6. The lowest BCUT2D eigenvalue weighted by Gasteiger charge is -2.25. The van der Waals surface area contributed by atoms with Crippen molar-refractivity contribution in [3.8, 4) is 5.75 Å². The maximum Gasteiger partial charge on any atom is 0.339 e. The Morgan fingerprint density at radius 1 is 1.15 bits per heavy atom. The molecule has 4 rings (SSSR count). The van der Waals surface area contributed by atoms with E-state index in [9.17, 15) is 9.90 Å². The summed E-state index contributed by atoms with van der Waals surface area (Å²) in [6.07, 6.45) is 5.43. The van der Waals surface area contributed by atoms with Crippen LogP contribution in [0.25, 0.3) is 0 Å². The molecule has 34 heavy (non-hydrogen) atoms. The molecule has 0 spiro atoms. The van der Waals surface area contributed by atoms with Gasteiger partial charge in [-0.15, -0.1) is 0 Å². The van der Waals surface area contributed by atoms with Crippen molar-refractivity contribution in [2.45, 2.75) is 38.1 Å². The molecule has 1 fully saturated rings. The number of benzene rings is 2. The van der Waals surface area contributed by atoms with E-state index in [1.54, 1.807) is 0 Å². The van der Waals surface area contributed by atoms with Crippen LogP contribution in [0.2, 0.25) is 5.02 Å². The molecular formula is C26H29ClN4O3. The van der Waals surface area contributed by atoms with Crippen LogP contribution < -0.4 is 15.4 Å². The number of carboxylic acids is 1. The standard InChI is InChI=1S/C26H29ClN4O3/c27-20-9-7-19(8-10-20)24-3-1-15-31(24)26-29-17-22(25(32)33)23(30-26)13-6-18-4-11-21(12-5-18)34-16-2-14-28/h4-5,7-12,17,24H,1-3,6,13-16,28H2,(H,32,33)/t24-/m0/s1. The average molecular weight is 481 g/mol. The van der Waals surface area contributed by atoms with Crippen LogP contribution in [0.4, 0.5) is 5.95 Å². The number of nitrogens with zero attached hydrogens (tertiary/aromatic N) is 3. The van der Waals surface area contributed by atoms with Crippen LogP contribution in [0.1, 0.15) is 52.5 Å². The Balaban J connectivity index is 1.50. The van der Waals surface area contributed by atoms with Gasteiger partial charge in [-0.1, -0.05) is 35.9 Å². The summed E-state index contributed by atoms with van der Waals surface area (Å²) in [4.78, 5) is 23.1. The minimum absolute atomic E-state index is 0.146. The zero-order valence-corrected chi connectivity index (χ0v) is 19.7. The van der Waals surface area contributed by atoms with Crippen LogP contribution in [0.5, 0.6) is 5.75 Å². The van der Waals surface area contributed by atoms with Gasteiger partial charge in [-0.25, -0.2) is 14.8 Å². The molecule has 0 amide bonds. The first-order valence-corrected chi connectivity index (χ1v) is 12.0. The molecule has 1 aromatic heterocycles. The van der Waals surface area contributed by atoms with Crippen molar-refractivity contribution in [1.29, 1.82) is 0 Å². The van der Waals surface area contributed by atoms with E-state index in [0.29, 0.717) is 42.7 Å². The van der Waals surface area contributed by atoms with Crippen molar-refractivity contribution in [1.82, 2.24) is 9.97 Å². The summed E-state index contributed by atoms with van der Waals surface area (Å²) < 4.78 is 5.65. The molecule has 7 nitrogen and oxygen atoms in total. The summed E-state index contributed by atoms with van der Waals surface area (Å²) in [7, 11) is 0. The number of nitrogens with two attached hydrogens (primary N) is 1. The molecule has 0 radical (unpaired) electrons. The highest BCUT2D eigenvalue weighted by atomic mass is 35.5. The van der Waals surface area contributed by atoms with Gasteiger partial charge in [0.05, 0.1) is 23.9 Å². The van der Waals surface area contributed by atoms with Crippen LogP contribution in [0.3, 0.4) is 0 Å². The zero-order valence-electron chi connectivity index (χ0n) is 19.0. The molecule has 1 atom stereocenters. The first kappa shape index (κ1) is 24.0. The van der Waals surface area contributed by atoms with E-state index in [1.165, 1.54) is 6.20 Å². The van der Waals surface area contributed by atoms with E-state index in [2.05, 4.69) is 9.88 Å². The predicted octanol–water partition coefficient (Wildman–Crippen LogP) is 4.68. The Hall–Kier alpha value is -3.16. The number of hydrogen-bond donors (Lipinski definition) is 2. The molecule has 178 valence electrons. The summed E-state index contributed by atoms with van der Waals surface area (Å²) >= 11 is 6.06. The van der Waals surface area contributed by atoms with Gasteiger partial charge in [0.25, 0.3) is 0 Å². The number of aryl methyl sites for hydroxylation is 2. The van der Waals surface area contributed by atoms with Crippen molar-refractivity contribution in [2.24, 2.45) is 5.73 Å². The van der Waals surface area contributed by atoms with Crippen molar-refractivity contribution in [2.75, 3.05) is 24.6 Å². The number of aromatic carboxylic acids is 1. The van der Waals surface area contributed by atoms with Gasteiger partial charge in [0.2, 0.25) is 5.95 Å². The van der Waals surface area contributed by atoms with Crippen molar-refractivity contribution in [3.63, 3.8) is 0 Å². The van der Waals surface area contributed by atoms with E-state index < -0.39 is 5.97 Å². The Bertz CT molecular complexity index is 1110. The van der Waals surface area contributed by atoms with E-state index in [-0.39, 0.29) is 11.6 Å². The fourth-order valence-electron chi connectivity index (χ4n) is 4.24. The lowest BCUT2D eigenvalue weighted by atomic mass is 10.0. The van der Waals surface area contributed by atoms with Crippen LogP contribution in [0.15, 0.2) is 54.7 Å². The SMILES string of the molecule is NCCCOc1ccc(CCc2nc(N3CCC[C@H]3c3ccc(Cl)cc3)ncc2C(=O)O)cc1. The molecule has 2 heterocycles. The summed E-state index contributed by atoms with van der Waals surface area (Å²) in [5, 5.41) is 10.4. The van der Waals surface area contributed by atoms with Gasteiger partial charge in [0.15, 0.2) is 0 Å². The number of rotatable bonds is 10. The Labute approximate surface area is 204 Å². The largest absolute Gasteiger partial charge is 0.494 e. The smallest absolute Gasteiger partial charge is 0.339 e. The Morgan fingerprint density at radius 2 is 1.91 bits per heavy atom. The van der Waals surface area contributed by atoms with Crippen molar-refractivity contribution >= 4 is 23.5 Å². The number of ether oxygens (including phenoxy) is 1. The van der Waals surface area contributed by atoms with Crippen molar-refractivity contribution < 1.29 is 14.6 Å². The van der Waals surface area contributed by atoms with Gasteiger partial charge in [-0.2, -0.15) is 0 Å². The fourth-order valence-corrected chi connectivity index (χ4v) is 4.37. The predicted molar refractivity (Wildman–Crippen MR) is 133 cm³/mol. The number of carbonyl (C=O) groups is 1. The lowest BCUT2D eigenvalue weighted by molar-refractivity contribution is 0.0694. The lowest BCUT2D eigenvalue weighted by Crippen LogP contribution is -2.25. The maximum atomic E-state index is 11.8. The van der Waals surface area contributed by atoms with Gasteiger partial charge in [0, 0.05) is 17.8 Å². The number of carboxylic acid groups (broad SMARTS) is 1. The van der Waals surface area contributed by atoms with Gasteiger partial charge in [-0.05, 0) is 74.0 Å². The minimum Gasteiger partial charge on any atom is -0.494 e. The molecule has 0 bridgehead atoms. The maximum absolute atomic E-state index is 11.8. The third kappa shape index (κ3) is 5.85. The Kier molecular flexibility index (Phi) is 7.98. The van der Waals surface area contributed by atoms with Gasteiger partial charge in [-0.3, -0.25) is 0 Å². The first-order chi connectivity index (χ1) is 16.5. The number of aromatic nitrogens is 2. The summed E-state index contributed by atoms with van der Waals surface area (Å²) in [6, 6.07) is 15.8. The fraction of sp³-hybridized carbons (Fsp3) is 0.346. The highest BCUT2D eigenvalue weighted by Crippen LogP contribution is 2.35. The summed E-state index contributed by atoms with van der Waals surface area (Å²) in [6.45, 7) is 2.02. The molecule has 3 aromatic rings. The summed E-state index contributed by atoms with van der Waals surface area (Å²) in [5.41, 5.74) is 8.43. The number of hydrogen-bond acceptors (Lipinski definition) is 6. The van der Waals surface area contributed by atoms with Crippen LogP contribution in [-0.2, 0) is 12.8 Å². The van der Waals surface area contributed by atoms with E-state index >= 15 is 0 Å². The number of anilines is 1. The van der Waals surface area contributed by atoms with E-state index in [4.69, 9.17) is 27.1 Å². The normalized spacial score (nSPS) is 15.5. The van der Waals surface area contributed by atoms with E-state index in [0.717, 1.165) is 42.7 Å².